The first-order chi connectivity index (χ1) is 20.4. The van der Waals surface area contributed by atoms with Gasteiger partial charge >= 0.3 is 12.2 Å². The number of hydrogen-bond acceptors (Lipinski definition) is 7. The van der Waals surface area contributed by atoms with Gasteiger partial charge in [-0.25, -0.2) is 31.7 Å². The van der Waals surface area contributed by atoms with Crippen LogP contribution in [0.4, 0.5) is 55.6 Å². The number of fused-ring (bicyclic) bond motifs is 4. The van der Waals surface area contributed by atoms with E-state index < -0.39 is 45.1 Å². The van der Waals surface area contributed by atoms with Gasteiger partial charge < -0.3 is 21.3 Å². The van der Waals surface area contributed by atoms with Gasteiger partial charge in [0, 0.05) is 30.5 Å². The van der Waals surface area contributed by atoms with Crippen LogP contribution in [0, 0.1) is 11.6 Å². The van der Waals surface area contributed by atoms with Crippen molar-refractivity contribution < 1.29 is 35.2 Å². The predicted molar refractivity (Wildman–Crippen MR) is 149 cm³/mol. The number of alkyl halides is 3. The summed E-state index contributed by atoms with van der Waals surface area (Å²) < 4.78 is 95.6. The third-order valence-electron chi connectivity index (χ3n) is 6.20. The third kappa shape index (κ3) is 6.98. The summed E-state index contributed by atoms with van der Waals surface area (Å²) in [5.74, 6) is -1.55. The molecule has 1 aliphatic rings. The van der Waals surface area contributed by atoms with Crippen LogP contribution in [0.25, 0.3) is 11.1 Å². The number of amides is 2. The fourth-order valence-electron chi connectivity index (χ4n) is 4.10. The van der Waals surface area contributed by atoms with Crippen molar-refractivity contribution in [1.82, 2.24) is 14.7 Å². The highest BCUT2D eigenvalue weighted by Crippen LogP contribution is 2.33. The molecule has 0 unspecified atom stereocenters. The Hall–Kier alpha value is -4.83. The lowest BCUT2D eigenvalue weighted by atomic mass is 10.1. The summed E-state index contributed by atoms with van der Waals surface area (Å²) in [5, 5.41) is 10.1. The number of hydrogen-bond donors (Lipinski definition) is 5. The Morgan fingerprint density at radius 3 is 2.47 bits per heavy atom. The zero-order valence-corrected chi connectivity index (χ0v) is 22.7. The van der Waals surface area contributed by atoms with Crippen molar-refractivity contribution in [3.63, 3.8) is 0 Å². The second-order valence-corrected chi connectivity index (χ2v) is 11.0. The fraction of sp³-hybridized carbons (Fsp3) is 0.148. The highest BCUT2D eigenvalue weighted by atomic mass is 32.2. The summed E-state index contributed by atoms with van der Waals surface area (Å²) in [4.78, 5) is 21.1. The minimum Gasteiger partial charge on any atom is -0.369 e. The van der Waals surface area contributed by atoms with Gasteiger partial charge in [-0.15, -0.1) is 0 Å². The smallest absolute Gasteiger partial charge is 0.369 e. The van der Waals surface area contributed by atoms with E-state index in [4.69, 9.17) is 0 Å². The molecule has 43 heavy (non-hydrogen) atoms. The monoisotopic (exact) mass is 619 g/mol. The molecule has 0 aliphatic carbocycles. The molecule has 0 spiro atoms. The number of aromatic nitrogens is 2. The van der Waals surface area contributed by atoms with Gasteiger partial charge in [0.2, 0.25) is 16.0 Å². The fourth-order valence-corrected chi connectivity index (χ4v) is 5.22. The Bertz CT molecular complexity index is 1800. The molecule has 0 saturated carbocycles. The molecule has 16 heteroatoms. The molecule has 4 aromatic rings. The maximum absolute atomic E-state index is 15.1. The molecule has 224 valence electrons. The number of sulfonamides is 1. The van der Waals surface area contributed by atoms with Crippen LogP contribution in [-0.4, -0.2) is 37.5 Å². The van der Waals surface area contributed by atoms with E-state index in [1.807, 2.05) is 5.32 Å². The van der Waals surface area contributed by atoms with E-state index in [0.717, 1.165) is 6.07 Å². The van der Waals surface area contributed by atoms with Crippen molar-refractivity contribution in [1.29, 1.82) is 0 Å². The largest absolute Gasteiger partial charge is 0.416 e. The quantitative estimate of drug-likeness (QED) is 0.180. The summed E-state index contributed by atoms with van der Waals surface area (Å²) >= 11 is 0. The molecule has 5 N–H and O–H groups in total. The first kappa shape index (κ1) is 29.7. The van der Waals surface area contributed by atoms with Crippen LogP contribution >= 0.6 is 0 Å². The van der Waals surface area contributed by atoms with Crippen LogP contribution in [0.1, 0.15) is 12.0 Å². The molecule has 10 nitrogen and oxygen atoms in total. The van der Waals surface area contributed by atoms with E-state index >= 15 is 4.39 Å². The number of benzene rings is 3. The Balaban J connectivity index is 1.36. The van der Waals surface area contributed by atoms with Crippen LogP contribution in [0.5, 0.6) is 0 Å². The zero-order valence-electron chi connectivity index (χ0n) is 21.9. The number of rotatable bonds is 3. The Kier molecular flexibility index (Phi) is 8.14. The summed E-state index contributed by atoms with van der Waals surface area (Å²) in [6.07, 6.45) is -2.93. The van der Waals surface area contributed by atoms with E-state index in [1.165, 1.54) is 30.5 Å². The van der Waals surface area contributed by atoms with Gasteiger partial charge in [-0.05, 0) is 60.5 Å². The minimum atomic E-state index is -4.76. The maximum Gasteiger partial charge on any atom is 0.416 e. The summed E-state index contributed by atoms with van der Waals surface area (Å²) in [7, 11) is -3.73. The molecule has 4 bridgehead atoms. The first-order valence-corrected chi connectivity index (χ1v) is 14.1. The number of nitrogens with one attached hydrogen (secondary N) is 5. The highest BCUT2D eigenvalue weighted by molar-refractivity contribution is 7.89. The lowest BCUT2D eigenvalue weighted by Crippen LogP contribution is -2.26. The standard InChI is InChI=1S/C27H22F5N7O3S/c28-20-7-6-16(27(30,31)32)12-23(20)38-26(40)37-22-8-5-15(11-21(22)29)19-14-34-25-36-17-3-1-4-18(13-17)43(41,42)35-10-2-9-33-24(19)39-25/h1,3-8,11-14,35H,2,9-10H2,(H2,37,38,40)(H2,33,34,36,39). The van der Waals surface area contributed by atoms with E-state index in [0.29, 0.717) is 53.8 Å². The van der Waals surface area contributed by atoms with Gasteiger partial charge in [0.1, 0.15) is 17.5 Å². The Labute approximate surface area is 241 Å². The number of halogens is 5. The number of carbonyl (C=O) groups excluding carboxylic acids is 1. The molecule has 1 aliphatic heterocycles. The van der Waals surface area contributed by atoms with Crippen LogP contribution < -0.4 is 26.0 Å². The van der Waals surface area contributed by atoms with E-state index in [1.54, 1.807) is 12.1 Å². The van der Waals surface area contributed by atoms with Gasteiger partial charge in [-0.1, -0.05) is 12.1 Å². The molecule has 0 radical (unpaired) electrons. The Morgan fingerprint density at radius 1 is 0.907 bits per heavy atom. The molecule has 0 atom stereocenters. The van der Waals surface area contributed by atoms with Crippen LogP contribution in [-0.2, 0) is 16.2 Å². The molecule has 5 rings (SSSR count). The van der Waals surface area contributed by atoms with Crippen molar-refractivity contribution in [2.45, 2.75) is 17.5 Å². The maximum atomic E-state index is 15.1. The van der Waals surface area contributed by atoms with Gasteiger partial charge in [0.05, 0.1) is 21.8 Å². The number of nitrogens with zero attached hydrogens (tertiary/aromatic N) is 2. The van der Waals surface area contributed by atoms with Gasteiger partial charge in [0.25, 0.3) is 0 Å². The summed E-state index contributed by atoms with van der Waals surface area (Å²) in [5.41, 5.74) is -1.11. The van der Waals surface area contributed by atoms with Crippen molar-refractivity contribution in [3.8, 4) is 11.1 Å². The SMILES string of the molecule is O=C(Nc1ccc(-c2cnc3nc2NCCCNS(=O)(=O)c2cccc(c2)N3)cc1F)Nc1cc(C(F)(F)F)ccc1F. The molecular formula is C27H22F5N7O3S. The molecule has 2 amide bonds. The van der Waals surface area contributed by atoms with Crippen molar-refractivity contribution in [2.24, 2.45) is 0 Å². The molecule has 0 fully saturated rings. The lowest BCUT2D eigenvalue weighted by molar-refractivity contribution is -0.137. The second kappa shape index (κ2) is 11.8. The van der Waals surface area contributed by atoms with Gasteiger partial charge in [-0.3, -0.25) is 0 Å². The second-order valence-electron chi connectivity index (χ2n) is 9.25. The minimum absolute atomic E-state index is 0.0689. The average Bonchev–Trinajstić information content (AvgIpc) is 2.95. The first-order valence-electron chi connectivity index (χ1n) is 12.6. The molecule has 2 heterocycles. The van der Waals surface area contributed by atoms with Crippen molar-refractivity contribution in [3.05, 3.63) is 84.1 Å². The van der Waals surface area contributed by atoms with E-state index in [9.17, 15) is 30.8 Å². The molecule has 3 aromatic carbocycles. The van der Waals surface area contributed by atoms with Crippen LogP contribution in [0.15, 0.2) is 71.8 Å². The van der Waals surface area contributed by atoms with Gasteiger partial charge in [0.15, 0.2) is 0 Å². The Morgan fingerprint density at radius 2 is 1.70 bits per heavy atom. The average molecular weight is 620 g/mol. The van der Waals surface area contributed by atoms with E-state index in [-0.39, 0.29) is 23.1 Å². The lowest BCUT2D eigenvalue weighted by Gasteiger charge is -2.14. The number of anilines is 5. The molecular weight excluding hydrogens is 597 g/mol. The number of urea groups is 1. The van der Waals surface area contributed by atoms with Crippen LogP contribution in [0.3, 0.4) is 0 Å². The normalized spacial score (nSPS) is 14.6. The summed E-state index contributed by atoms with van der Waals surface area (Å²) in [6.45, 7) is 0.444. The van der Waals surface area contributed by atoms with E-state index in [2.05, 4.69) is 30.6 Å². The zero-order chi connectivity index (χ0) is 30.8. The molecule has 0 saturated heterocycles. The topological polar surface area (TPSA) is 137 Å². The highest BCUT2D eigenvalue weighted by Gasteiger charge is 2.31. The summed E-state index contributed by atoms with van der Waals surface area (Å²) in [6, 6.07) is 10.2. The molecule has 1 aromatic heterocycles. The van der Waals surface area contributed by atoms with Crippen molar-refractivity contribution in [2.75, 3.05) is 34.4 Å². The van der Waals surface area contributed by atoms with Crippen LogP contribution in [0.2, 0.25) is 0 Å². The van der Waals surface area contributed by atoms with Gasteiger partial charge in [-0.2, -0.15) is 18.2 Å². The third-order valence-corrected chi connectivity index (χ3v) is 7.66. The predicted octanol–water partition coefficient (Wildman–Crippen LogP) is 5.92. The van der Waals surface area contributed by atoms with Crippen molar-refractivity contribution >= 4 is 44.9 Å². The number of carbonyl (C=O) groups is 1.